The fourth-order valence-electron chi connectivity index (χ4n) is 7.22. The van der Waals surface area contributed by atoms with Crippen LogP contribution in [0, 0.1) is 11.7 Å². The normalized spacial score (nSPS) is 31.7. The highest BCUT2D eigenvalue weighted by Gasteiger charge is 2.62. The molecule has 1 saturated heterocycles. The molecule has 4 amide bonds. The molecule has 2 aliphatic carbocycles. The third-order valence-corrected chi connectivity index (χ3v) is 12.0. The molecule has 0 spiro atoms. The molecule has 0 aromatic heterocycles. The number of hydrogen-bond donors (Lipinski definition) is 3. The largest absolute Gasteiger partial charge is 0.444 e. The first-order valence-electron chi connectivity index (χ1n) is 16.8. The predicted octanol–water partition coefficient (Wildman–Crippen LogP) is 1.81. The summed E-state index contributed by atoms with van der Waals surface area (Å²) in [6.07, 6.45) is 7.10. The Labute approximate surface area is 279 Å². The van der Waals surface area contributed by atoms with Gasteiger partial charge in [0.2, 0.25) is 21.8 Å². The van der Waals surface area contributed by atoms with Crippen LogP contribution in [-0.2, 0) is 40.3 Å². The summed E-state index contributed by atoms with van der Waals surface area (Å²) in [5, 5.41) is 2.17. The van der Waals surface area contributed by atoms with E-state index in [1.807, 2.05) is 12.2 Å². The van der Waals surface area contributed by atoms with Gasteiger partial charge in [0.15, 0.2) is 0 Å². The SMILES string of the molecule is COCC1c2cccc(F)c2CCN1C(=O)O[C@@H]1C[C@H]2C(=O)N[C@]3(C(=O)NS(=O)(=O)C4CC4)C[C@@H]3/C=C\CCCCC[C@H](N)C(=O)N2C1. The van der Waals surface area contributed by atoms with Crippen molar-refractivity contribution in [2.75, 3.05) is 26.8 Å². The molecule has 0 radical (unpaired) electrons. The highest BCUT2D eigenvalue weighted by molar-refractivity contribution is 7.91. The number of ether oxygens (including phenoxy) is 2. The van der Waals surface area contributed by atoms with Crippen molar-refractivity contribution in [1.82, 2.24) is 19.8 Å². The lowest BCUT2D eigenvalue weighted by Crippen LogP contribution is -2.57. The second-order valence-corrected chi connectivity index (χ2v) is 15.6. The van der Waals surface area contributed by atoms with E-state index in [2.05, 4.69) is 10.0 Å². The van der Waals surface area contributed by atoms with Crippen LogP contribution in [0.1, 0.15) is 75.0 Å². The molecule has 48 heavy (non-hydrogen) atoms. The molecule has 1 aromatic carbocycles. The lowest BCUT2D eigenvalue weighted by Gasteiger charge is -2.36. The summed E-state index contributed by atoms with van der Waals surface area (Å²) >= 11 is 0. The van der Waals surface area contributed by atoms with Crippen LogP contribution in [0.3, 0.4) is 0 Å². The van der Waals surface area contributed by atoms with Crippen LogP contribution < -0.4 is 15.8 Å². The zero-order valence-corrected chi connectivity index (χ0v) is 27.9. The van der Waals surface area contributed by atoms with Crippen LogP contribution in [0.5, 0.6) is 0 Å². The van der Waals surface area contributed by atoms with Crippen molar-refractivity contribution in [1.29, 1.82) is 0 Å². The van der Waals surface area contributed by atoms with Crippen molar-refractivity contribution in [3.05, 3.63) is 47.3 Å². The summed E-state index contributed by atoms with van der Waals surface area (Å²) in [6.45, 7) is 0.196. The standard InChI is InChI=1S/C33H44FN5O8S/c1-46-19-28-24-9-7-10-25(34)23(24)14-15-38(28)32(43)47-21-16-27-29(40)36-33(31(42)37-48(44,45)22-12-13-22)17-20(33)8-5-3-2-4-6-11-26(35)30(41)39(27)18-21/h5,7-10,20-22,26-28H,2-4,6,11-19,35H2,1H3,(H,36,40)(H,37,42)/b8-5-/t20-,21+,26-,27-,28?,33+/m0/s1. The average Bonchev–Trinajstić information content (AvgIpc) is 3.97. The Hall–Kier alpha value is -3.56. The Morgan fingerprint density at radius 3 is 2.71 bits per heavy atom. The van der Waals surface area contributed by atoms with Crippen LogP contribution in [0.2, 0.25) is 0 Å². The summed E-state index contributed by atoms with van der Waals surface area (Å²) < 4.78 is 53.4. The molecule has 6 rings (SSSR count). The van der Waals surface area contributed by atoms with E-state index in [9.17, 15) is 32.0 Å². The predicted molar refractivity (Wildman–Crippen MR) is 171 cm³/mol. The van der Waals surface area contributed by atoms with E-state index in [0.717, 1.165) is 19.3 Å². The van der Waals surface area contributed by atoms with Gasteiger partial charge in [-0.2, -0.15) is 0 Å². The van der Waals surface area contributed by atoms with Crippen LogP contribution in [0.15, 0.2) is 30.4 Å². The number of rotatable bonds is 6. The monoisotopic (exact) mass is 689 g/mol. The van der Waals surface area contributed by atoms with Gasteiger partial charge in [0, 0.05) is 26.0 Å². The Bertz CT molecular complexity index is 1590. The van der Waals surface area contributed by atoms with Gasteiger partial charge in [0.25, 0.3) is 5.91 Å². The number of allylic oxidation sites excluding steroid dienone is 1. The Kier molecular flexibility index (Phi) is 9.83. The fraction of sp³-hybridized carbons (Fsp3) is 0.636. The molecule has 6 atom stereocenters. The van der Waals surface area contributed by atoms with Crippen molar-refractivity contribution >= 4 is 33.8 Å². The molecule has 3 heterocycles. The van der Waals surface area contributed by atoms with Gasteiger partial charge >= 0.3 is 6.09 Å². The number of sulfonamides is 1. The number of halogens is 1. The topological polar surface area (TPSA) is 177 Å². The maximum atomic E-state index is 14.6. The average molecular weight is 690 g/mol. The number of nitrogens with two attached hydrogens (primary N) is 1. The second kappa shape index (κ2) is 13.7. The quantitative estimate of drug-likeness (QED) is 0.376. The van der Waals surface area contributed by atoms with E-state index in [0.29, 0.717) is 36.8 Å². The van der Waals surface area contributed by atoms with Crippen molar-refractivity contribution in [2.24, 2.45) is 11.7 Å². The molecule has 15 heteroatoms. The number of amides is 4. The number of benzene rings is 1. The van der Waals surface area contributed by atoms with Gasteiger partial charge in [0.1, 0.15) is 23.5 Å². The van der Waals surface area contributed by atoms with Crippen LogP contribution in [0.4, 0.5) is 9.18 Å². The number of nitrogens with zero attached hydrogens (tertiary/aromatic N) is 2. The van der Waals surface area contributed by atoms with Gasteiger partial charge in [-0.05, 0) is 62.1 Å². The molecule has 1 aromatic rings. The molecular formula is C33H44FN5O8S. The third-order valence-electron chi connectivity index (χ3n) is 10.2. The summed E-state index contributed by atoms with van der Waals surface area (Å²) in [4.78, 5) is 57.5. The molecule has 5 aliphatic rings. The maximum Gasteiger partial charge on any atom is 0.410 e. The number of nitrogens with one attached hydrogen (secondary N) is 2. The van der Waals surface area contributed by atoms with Crippen molar-refractivity contribution < 1.29 is 41.5 Å². The highest BCUT2D eigenvalue weighted by Crippen LogP contribution is 2.46. The number of hydrogen-bond acceptors (Lipinski definition) is 9. The Balaban J connectivity index is 1.22. The van der Waals surface area contributed by atoms with E-state index in [1.165, 1.54) is 23.0 Å². The molecule has 1 unspecified atom stereocenters. The molecule has 13 nitrogen and oxygen atoms in total. The van der Waals surface area contributed by atoms with Gasteiger partial charge in [0.05, 0.1) is 30.5 Å². The van der Waals surface area contributed by atoms with Crippen LogP contribution in [0.25, 0.3) is 0 Å². The zero-order valence-electron chi connectivity index (χ0n) is 27.1. The summed E-state index contributed by atoms with van der Waals surface area (Å²) in [7, 11) is -2.39. The number of carbonyl (C=O) groups is 4. The molecule has 4 N–H and O–H groups in total. The van der Waals surface area contributed by atoms with E-state index >= 15 is 0 Å². The fourth-order valence-corrected chi connectivity index (χ4v) is 8.58. The van der Waals surface area contributed by atoms with Gasteiger partial charge < -0.3 is 25.4 Å². The first kappa shape index (κ1) is 34.3. The van der Waals surface area contributed by atoms with E-state index in [-0.39, 0.29) is 44.8 Å². The minimum atomic E-state index is -3.87. The minimum Gasteiger partial charge on any atom is -0.444 e. The van der Waals surface area contributed by atoms with Crippen molar-refractivity contribution in [3.63, 3.8) is 0 Å². The maximum absolute atomic E-state index is 14.6. The second-order valence-electron chi connectivity index (χ2n) is 13.6. The molecule has 0 bridgehead atoms. The van der Waals surface area contributed by atoms with Crippen LogP contribution in [-0.4, -0.2) is 97.8 Å². The third kappa shape index (κ3) is 6.95. The summed E-state index contributed by atoms with van der Waals surface area (Å²) in [5.41, 5.74) is 5.96. The number of fused-ring (bicyclic) bond motifs is 3. The van der Waals surface area contributed by atoms with E-state index < -0.39 is 74.8 Å². The van der Waals surface area contributed by atoms with Crippen molar-refractivity contribution in [2.45, 2.75) is 99.2 Å². The molecule has 2 saturated carbocycles. The van der Waals surface area contributed by atoms with Crippen molar-refractivity contribution in [3.8, 4) is 0 Å². The smallest absolute Gasteiger partial charge is 0.410 e. The highest BCUT2D eigenvalue weighted by atomic mass is 32.2. The Morgan fingerprint density at radius 2 is 1.96 bits per heavy atom. The number of methoxy groups -OCH3 is 1. The molecule has 262 valence electrons. The Morgan fingerprint density at radius 1 is 1.17 bits per heavy atom. The molecule has 3 aliphatic heterocycles. The number of carbonyl (C=O) groups excluding carboxylic acids is 4. The van der Waals surface area contributed by atoms with E-state index in [1.54, 1.807) is 12.1 Å². The van der Waals surface area contributed by atoms with E-state index in [4.69, 9.17) is 15.2 Å². The molecule has 3 fully saturated rings. The first-order chi connectivity index (χ1) is 22.9. The lowest BCUT2D eigenvalue weighted by molar-refractivity contribution is -0.140. The van der Waals surface area contributed by atoms with Gasteiger partial charge in [-0.25, -0.2) is 17.6 Å². The van der Waals surface area contributed by atoms with Gasteiger partial charge in [-0.1, -0.05) is 37.1 Å². The van der Waals surface area contributed by atoms with Crippen LogP contribution >= 0.6 is 0 Å². The summed E-state index contributed by atoms with van der Waals surface area (Å²) in [6, 6.07) is 2.10. The summed E-state index contributed by atoms with van der Waals surface area (Å²) in [5.74, 6) is -2.70. The minimum absolute atomic E-state index is 0.0530. The molecular weight excluding hydrogens is 645 g/mol. The first-order valence-corrected chi connectivity index (χ1v) is 18.3. The zero-order chi connectivity index (χ0) is 34.2. The lowest BCUT2D eigenvalue weighted by atomic mass is 9.93. The van der Waals surface area contributed by atoms with Gasteiger partial charge in [-0.15, -0.1) is 0 Å². The van der Waals surface area contributed by atoms with Gasteiger partial charge in [-0.3, -0.25) is 24.0 Å².